The van der Waals surface area contributed by atoms with Gasteiger partial charge in [0, 0.05) is 6.54 Å². The molecule has 0 aromatic heterocycles. The molecule has 4 N–H and O–H groups in total. The molecule has 0 saturated heterocycles. The van der Waals surface area contributed by atoms with Crippen LogP contribution in [-0.2, 0) is 0 Å². The molecule has 0 aliphatic carbocycles. The number of hydrogen-bond donors (Lipinski definition) is 3. The summed E-state index contributed by atoms with van der Waals surface area (Å²) in [5.41, 5.74) is 6.62. The lowest BCUT2D eigenvalue weighted by molar-refractivity contribution is 0.317. The van der Waals surface area contributed by atoms with Gasteiger partial charge in [-0.3, -0.25) is 0 Å². The number of amidine groups is 1. The second-order valence-corrected chi connectivity index (χ2v) is 3.53. The van der Waals surface area contributed by atoms with E-state index < -0.39 is 0 Å². The molecule has 15 heavy (non-hydrogen) atoms. The van der Waals surface area contributed by atoms with Gasteiger partial charge in [-0.2, -0.15) is 0 Å². The minimum absolute atomic E-state index is 0.204. The van der Waals surface area contributed by atoms with Crippen molar-refractivity contribution < 1.29 is 5.21 Å². The molecule has 4 nitrogen and oxygen atoms in total. The fourth-order valence-corrected chi connectivity index (χ4v) is 1.35. The summed E-state index contributed by atoms with van der Waals surface area (Å²) < 4.78 is 0. The van der Waals surface area contributed by atoms with Crippen molar-refractivity contribution in [3.8, 4) is 0 Å². The number of nitrogens with one attached hydrogen (secondary N) is 1. The summed E-state index contributed by atoms with van der Waals surface area (Å²) in [7, 11) is 0. The molecule has 0 amide bonds. The smallest absolute Gasteiger partial charge is 0.153 e. The molecule has 0 aliphatic heterocycles. The summed E-state index contributed by atoms with van der Waals surface area (Å²) in [5, 5.41) is 14.3. The van der Waals surface area contributed by atoms with Gasteiger partial charge in [-0.05, 0) is 11.5 Å². The highest BCUT2D eigenvalue weighted by Crippen LogP contribution is 2.12. The van der Waals surface area contributed by atoms with E-state index in [-0.39, 0.29) is 5.84 Å². The SMILES string of the molecule is CC(CNC/C(N)=N/O)c1ccccc1. The molecule has 0 aliphatic rings. The molecule has 4 heteroatoms. The summed E-state index contributed by atoms with van der Waals surface area (Å²) in [4.78, 5) is 0. The predicted molar refractivity (Wildman–Crippen MR) is 61.1 cm³/mol. The monoisotopic (exact) mass is 207 g/mol. The molecule has 0 bridgehead atoms. The first kappa shape index (κ1) is 11.5. The summed E-state index contributed by atoms with van der Waals surface area (Å²) in [6.07, 6.45) is 0. The summed E-state index contributed by atoms with van der Waals surface area (Å²) in [5.74, 6) is 0.618. The second kappa shape index (κ2) is 6.03. The molecule has 0 saturated carbocycles. The highest BCUT2D eigenvalue weighted by atomic mass is 16.4. The van der Waals surface area contributed by atoms with E-state index in [2.05, 4.69) is 29.5 Å². The normalized spacial score (nSPS) is 13.8. The first-order valence-corrected chi connectivity index (χ1v) is 4.96. The molecule has 1 rings (SSSR count). The van der Waals surface area contributed by atoms with E-state index in [1.807, 2.05) is 18.2 Å². The van der Waals surface area contributed by atoms with Crippen molar-refractivity contribution in [1.82, 2.24) is 5.32 Å². The first-order valence-electron chi connectivity index (χ1n) is 4.96. The molecular formula is C11H17N3O. The first-order chi connectivity index (χ1) is 7.24. The maximum absolute atomic E-state index is 8.34. The zero-order valence-electron chi connectivity index (χ0n) is 8.85. The molecule has 0 radical (unpaired) electrons. The Morgan fingerprint density at radius 2 is 2.13 bits per heavy atom. The van der Waals surface area contributed by atoms with Crippen molar-refractivity contribution in [3.05, 3.63) is 35.9 Å². The van der Waals surface area contributed by atoms with Gasteiger partial charge < -0.3 is 16.3 Å². The Balaban J connectivity index is 2.34. The van der Waals surface area contributed by atoms with Gasteiger partial charge in [0.15, 0.2) is 5.84 Å². The van der Waals surface area contributed by atoms with Crippen LogP contribution in [0.15, 0.2) is 35.5 Å². The third-order valence-electron chi connectivity index (χ3n) is 2.25. The van der Waals surface area contributed by atoms with Gasteiger partial charge >= 0.3 is 0 Å². The Morgan fingerprint density at radius 3 is 2.73 bits per heavy atom. The van der Waals surface area contributed by atoms with Crippen molar-refractivity contribution in [2.75, 3.05) is 13.1 Å². The highest BCUT2D eigenvalue weighted by molar-refractivity contribution is 5.81. The quantitative estimate of drug-likeness (QED) is 0.293. The van der Waals surface area contributed by atoms with Crippen molar-refractivity contribution in [2.24, 2.45) is 10.9 Å². The molecule has 1 aromatic carbocycles. The van der Waals surface area contributed by atoms with Gasteiger partial charge in [0.2, 0.25) is 0 Å². The number of oxime groups is 1. The van der Waals surface area contributed by atoms with Crippen LogP contribution in [0.5, 0.6) is 0 Å². The standard InChI is InChI=1S/C11H17N3O/c1-9(7-13-8-11(12)14-15)10-5-3-2-4-6-10/h2-6,9,13,15H,7-8H2,1H3,(H2,12,14). The lowest BCUT2D eigenvalue weighted by atomic mass is 10.0. The Labute approximate surface area is 89.8 Å². The fraction of sp³-hybridized carbons (Fsp3) is 0.364. The van der Waals surface area contributed by atoms with Crippen LogP contribution < -0.4 is 11.1 Å². The third kappa shape index (κ3) is 3.99. The van der Waals surface area contributed by atoms with Crippen LogP contribution >= 0.6 is 0 Å². The lowest BCUT2D eigenvalue weighted by Crippen LogP contribution is -2.31. The van der Waals surface area contributed by atoms with Crippen LogP contribution in [0.25, 0.3) is 0 Å². The number of hydrogen-bond acceptors (Lipinski definition) is 3. The van der Waals surface area contributed by atoms with E-state index in [9.17, 15) is 0 Å². The summed E-state index contributed by atoms with van der Waals surface area (Å²) >= 11 is 0. The van der Waals surface area contributed by atoms with E-state index >= 15 is 0 Å². The average Bonchev–Trinajstić information content (AvgIpc) is 2.29. The van der Waals surface area contributed by atoms with Crippen molar-refractivity contribution in [1.29, 1.82) is 0 Å². The molecule has 1 aromatic rings. The summed E-state index contributed by atoms with van der Waals surface area (Å²) in [6, 6.07) is 10.2. The minimum atomic E-state index is 0.204. The number of nitrogens with two attached hydrogens (primary N) is 1. The molecule has 1 unspecified atom stereocenters. The fourth-order valence-electron chi connectivity index (χ4n) is 1.35. The van der Waals surface area contributed by atoms with Crippen LogP contribution in [0, 0.1) is 0 Å². The molecular weight excluding hydrogens is 190 g/mol. The van der Waals surface area contributed by atoms with Gasteiger partial charge in [0.25, 0.3) is 0 Å². The number of benzene rings is 1. The largest absolute Gasteiger partial charge is 0.409 e. The van der Waals surface area contributed by atoms with Crippen molar-refractivity contribution in [3.63, 3.8) is 0 Å². The molecule has 0 heterocycles. The van der Waals surface area contributed by atoms with E-state index in [0.29, 0.717) is 12.5 Å². The zero-order chi connectivity index (χ0) is 11.1. The Bertz CT molecular complexity index is 311. The predicted octanol–water partition coefficient (Wildman–Crippen LogP) is 1.13. The molecule has 82 valence electrons. The Hall–Kier alpha value is -1.55. The maximum atomic E-state index is 8.34. The summed E-state index contributed by atoms with van der Waals surface area (Å²) in [6.45, 7) is 3.35. The van der Waals surface area contributed by atoms with Crippen LogP contribution in [0.1, 0.15) is 18.4 Å². The zero-order valence-corrected chi connectivity index (χ0v) is 8.85. The minimum Gasteiger partial charge on any atom is -0.409 e. The molecule has 0 spiro atoms. The van der Waals surface area contributed by atoms with E-state index in [0.717, 1.165) is 6.54 Å². The van der Waals surface area contributed by atoms with Crippen LogP contribution in [-0.4, -0.2) is 24.1 Å². The van der Waals surface area contributed by atoms with E-state index in [4.69, 9.17) is 10.9 Å². The van der Waals surface area contributed by atoms with Gasteiger partial charge in [0.1, 0.15) is 0 Å². The average molecular weight is 207 g/mol. The number of nitrogens with zero attached hydrogens (tertiary/aromatic N) is 1. The van der Waals surface area contributed by atoms with Crippen LogP contribution in [0.2, 0.25) is 0 Å². The van der Waals surface area contributed by atoms with Gasteiger partial charge in [-0.25, -0.2) is 0 Å². The van der Waals surface area contributed by atoms with Crippen LogP contribution in [0.4, 0.5) is 0 Å². The Kier molecular flexibility index (Phi) is 4.63. The maximum Gasteiger partial charge on any atom is 0.153 e. The molecule has 1 atom stereocenters. The van der Waals surface area contributed by atoms with Crippen LogP contribution in [0.3, 0.4) is 0 Å². The van der Waals surface area contributed by atoms with Gasteiger partial charge in [-0.1, -0.05) is 42.4 Å². The van der Waals surface area contributed by atoms with Crippen molar-refractivity contribution in [2.45, 2.75) is 12.8 Å². The third-order valence-corrected chi connectivity index (χ3v) is 2.25. The number of rotatable bonds is 5. The molecule has 0 fully saturated rings. The van der Waals surface area contributed by atoms with E-state index in [1.165, 1.54) is 5.56 Å². The lowest BCUT2D eigenvalue weighted by Gasteiger charge is -2.12. The van der Waals surface area contributed by atoms with Gasteiger partial charge in [0.05, 0.1) is 6.54 Å². The van der Waals surface area contributed by atoms with Crippen molar-refractivity contribution >= 4 is 5.84 Å². The topological polar surface area (TPSA) is 70.6 Å². The highest BCUT2D eigenvalue weighted by Gasteiger charge is 2.03. The van der Waals surface area contributed by atoms with Gasteiger partial charge in [-0.15, -0.1) is 0 Å². The van der Waals surface area contributed by atoms with E-state index in [1.54, 1.807) is 0 Å². The Morgan fingerprint density at radius 1 is 1.47 bits per heavy atom. The second-order valence-electron chi connectivity index (χ2n) is 3.53.